The number of ether oxygens (including phenoxy) is 1. The predicted octanol–water partition coefficient (Wildman–Crippen LogP) is 1.63. The van der Waals surface area contributed by atoms with Crippen LogP contribution in [0.3, 0.4) is 0 Å². The highest BCUT2D eigenvalue weighted by atomic mass is 32.1. The zero-order valence-corrected chi connectivity index (χ0v) is 11.8. The molecule has 0 saturated heterocycles. The molecule has 1 atom stereocenters. The summed E-state index contributed by atoms with van der Waals surface area (Å²) in [6.07, 6.45) is 2.54. The van der Waals surface area contributed by atoms with Crippen LogP contribution in [0, 0.1) is 0 Å². The highest BCUT2D eigenvalue weighted by molar-refractivity contribution is 7.81. The van der Waals surface area contributed by atoms with E-state index in [9.17, 15) is 9.59 Å². The van der Waals surface area contributed by atoms with Crippen molar-refractivity contribution in [3.05, 3.63) is 12.3 Å². The number of nitrogens with one attached hydrogen (secondary N) is 1. The second-order valence-corrected chi connectivity index (χ2v) is 5.38. The Morgan fingerprint density at radius 2 is 2.17 bits per heavy atom. The Labute approximate surface area is 112 Å². The molecule has 0 radical (unpaired) electrons. The molecule has 5 nitrogen and oxygen atoms in total. The second kappa shape index (κ2) is 5.48. The van der Waals surface area contributed by atoms with Crippen molar-refractivity contribution >= 4 is 29.1 Å². The van der Waals surface area contributed by atoms with Gasteiger partial charge in [0.25, 0.3) is 5.91 Å². The molecule has 1 heterocycles. The van der Waals surface area contributed by atoms with Gasteiger partial charge in [0.15, 0.2) is 0 Å². The van der Waals surface area contributed by atoms with Crippen LogP contribution in [0.1, 0.15) is 27.7 Å². The number of hydrogen-bond acceptors (Lipinski definition) is 4. The lowest BCUT2D eigenvalue weighted by Gasteiger charge is -2.32. The van der Waals surface area contributed by atoms with Crippen molar-refractivity contribution in [1.29, 1.82) is 0 Å². The average molecular weight is 270 g/mol. The topological polar surface area (TPSA) is 58.6 Å². The normalized spacial score (nSPS) is 19.4. The molecule has 100 valence electrons. The van der Waals surface area contributed by atoms with Crippen molar-refractivity contribution in [1.82, 2.24) is 10.2 Å². The van der Waals surface area contributed by atoms with Gasteiger partial charge in [-0.15, -0.1) is 0 Å². The largest absolute Gasteiger partial charge is 0.444 e. The van der Waals surface area contributed by atoms with Crippen LogP contribution >= 0.6 is 12.2 Å². The summed E-state index contributed by atoms with van der Waals surface area (Å²) in [5.41, 5.74) is -0.604. The van der Waals surface area contributed by atoms with Crippen LogP contribution < -0.4 is 5.32 Å². The fourth-order valence-electron chi connectivity index (χ4n) is 1.54. The number of amides is 2. The number of thiocarbonyl (C=S) groups is 1. The summed E-state index contributed by atoms with van der Waals surface area (Å²) in [5.74, 6) is -0.310. The highest BCUT2D eigenvalue weighted by Gasteiger charge is 2.35. The minimum Gasteiger partial charge on any atom is -0.444 e. The SMILES string of the molecule is CCN(C(=O)OC(C)(C)C)C1C(=O)NC=CC1=S. The van der Waals surface area contributed by atoms with E-state index in [1.165, 1.54) is 11.1 Å². The molecule has 0 spiro atoms. The molecule has 0 saturated carbocycles. The van der Waals surface area contributed by atoms with Crippen LogP contribution in [0.25, 0.3) is 0 Å². The van der Waals surface area contributed by atoms with Crippen LogP contribution in [-0.4, -0.2) is 40.0 Å². The quantitative estimate of drug-likeness (QED) is 0.775. The van der Waals surface area contributed by atoms with Gasteiger partial charge in [-0.05, 0) is 33.8 Å². The Balaban J connectivity index is 2.89. The van der Waals surface area contributed by atoms with Crippen molar-refractivity contribution in [2.75, 3.05) is 6.54 Å². The van der Waals surface area contributed by atoms with Gasteiger partial charge in [0, 0.05) is 17.6 Å². The number of rotatable bonds is 2. The third kappa shape index (κ3) is 3.53. The number of nitrogens with zero attached hydrogens (tertiary/aromatic N) is 1. The maximum atomic E-state index is 12.0. The van der Waals surface area contributed by atoms with E-state index in [2.05, 4.69) is 5.32 Å². The zero-order chi connectivity index (χ0) is 13.9. The predicted molar refractivity (Wildman–Crippen MR) is 72.3 cm³/mol. The van der Waals surface area contributed by atoms with Crippen LogP contribution in [0.2, 0.25) is 0 Å². The fourth-order valence-corrected chi connectivity index (χ4v) is 1.84. The summed E-state index contributed by atoms with van der Waals surface area (Å²) in [7, 11) is 0. The molecule has 0 bridgehead atoms. The van der Waals surface area contributed by atoms with E-state index in [1.54, 1.807) is 33.8 Å². The van der Waals surface area contributed by atoms with E-state index in [1.807, 2.05) is 0 Å². The van der Waals surface area contributed by atoms with Crippen LogP contribution in [-0.2, 0) is 9.53 Å². The lowest BCUT2D eigenvalue weighted by molar-refractivity contribution is -0.123. The van der Waals surface area contributed by atoms with Gasteiger partial charge in [0.1, 0.15) is 11.6 Å². The maximum absolute atomic E-state index is 12.0. The van der Waals surface area contributed by atoms with Gasteiger partial charge < -0.3 is 10.1 Å². The molecule has 0 fully saturated rings. The average Bonchev–Trinajstić information content (AvgIpc) is 2.20. The molecule has 2 amide bonds. The molecule has 1 unspecified atom stereocenters. The summed E-state index contributed by atoms with van der Waals surface area (Å²) < 4.78 is 5.26. The van der Waals surface area contributed by atoms with Crippen molar-refractivity contribution < 1.29 is 14.3 Å². The van der Waals surface area contributed by atoms with Crippen LogP contribution in [0.5, 0.6) is 0 Å². The van der Waals surface area contributed by atoms with Gasteiger partial charge in [-0.1, -0.05) is 12.2 Å². The summed E-state index contributed by atoms with van der Waals surface area (Å²) in [5, 5.41) is 2.54. The minimum absolute atomic E-state index is 0.310. The van der Waals surface area contributed by atoms with Crippen molar-refractivity contribution in [2.45, 2.75) is 39.3 Å². The Hall–Kier alpha value is -1.43. The number of carbonyl (C=O) groups excluding carboxylic acids is 2. The van der Waals surface area contributed by atoms with Gasteiger partial charge in [-0.2, -0.15) is 0 Å². The number of likely N-dealkylation sites (N-methyl/N-ethyl adjacent to an activating group) is 1. The van der Waals surface area contributed by atoms with E-state index >= 15 is 0 Å². The van der Waals surface area contributed by atoms with E-state index < -0.39 is 17.7 Å². The number of carbonyl (C=O) groups is 2. The van der Waals surface area contributed by atoms with Crippen LogP contribution in [0.15, 0.2) is 12.3 Å². The third-order valence-corrected chi connectivity index (χ3v) is 2.63. The molecular weight excluding hydrogens is 252 g/mol. The minimum atomic E-state index is -0.773. The van der Waals surface area contributed by atoms with E-state index in [0.29, 0.717) is 11.4 Å². The Morgan fingerprint density at radius 1 is 1.56 bits per heavy atom. The summed E-state index contributed by atoms with van der Waals surface area (Å²) >= 11 is 5.11. The summed E-state index contributed by atoms with van der Waals surface area (Å²) in [4.78, 5) is 25.5. The van der Waals surface area contributed by atoms with Gasteiger partial charge in [-0.25, -0.2) is 4.79 Å². The summed E-state index contributed by atoms with van der Waals surface area (Å²) in [6.45, 7) is 7.45. The fraction of sp³-hybridized carbons (Fsp3) is 0.583. The van der Waals surface area contributed by atoms with Crippen molar-refractivity contribution in [2.24, 2.45) is 0 Å². The maximum Gasteiger partial charge on any atom is 0.411 e. The first-order valence-corrected chi connectivity index (χ1v) is 6.17. The van der Waals surface area contributed by atoms with Crippen molar-refractivity contribution in [3.63, 3.8) is 0 Å². The molecule has 1 N–H and O–H groups in total. The Morgan fingerprint density at radius 3 is 2.61 bits per heavy atom. The molecule has 0 aromatic rings. The Bertz CT molecular complexity index is 399. The van der Waals surface area contributed by atoms with Gasteiger partial charge >= 0.3 is 6.09 Å². The first kappa shape index (κ1) is 14.6. The van der Waals surface area contributed by atoms with E-state index in [0.717, 1.165) is 0 Å². The standard InChI is InChI=1S/C12H18N2O3S/c1-5-14(11(16)17-12(2,3)4)9-8(18)6-7-13-10(9)15/h6-7,9H,5H2,1-4H3,(H,13,15). The third-order valence-electron chi connectivity index (χ3n) is 2.27. The Kier molecular flexibility index (Phi) is 4.45. The van der Waals surface area contributed by atoms with Gasteiger partial charge in [0.2, 0.25) is 0 Å². The molecule has 0 aromatic heterocycles. The number of hydrogen-bond donors (Lipinski definition) is 1. The lowest BCUT2D eigenvalue weighted by Crippen LogP contribution is -2.54. The lowest BCUT2D eigenvalue weighted by atomic mass is 10.1. The molecule has 1 rings (SSSR count). The summed E-state index contributed by atoms with van der Waals surface area (Å²) in [6, 6.07) is -0.773. The first-order valence-electron chi connectivity index (χ1n) is 5.76. The van der Waals surface area contributed by atoms with E-state index in [-0.39, 0.29) is 5.91 Å². The molecule has 0 aliphatic carbocycles. The monoisotopic (exact) mass is 270 g/mol. The molecule has 1 aliphatic rings. The van der Waals surface area contributed by atoms with Crippen molar-refractivity contribution in [3.8, 4) is 0 Å². The molecular formula is C12H18N2O3S. The zero-order valence-electron chi connectivity index (χ0n) is 11.0. The highest BCUT2D eigenvalue weighted by Crippen LogP contribution is 2.14. The first-order chi connectivity index (χ1) is 8.26. The molecule has 18 heavy (non-hydrogen) atoms. The van der Waals surface area contributed by atoms with Gasteiger partial charge in [0.05, 0.1) is 0 Å². The molecule has 6 heteroatoms. The molecule has 0 aromatic carbocycles. The smallest absolute Gasteiger partial charge is 0.411 e. The molecule has 1 aliphatic heterocycles. The van der Waals surface area contributed by atoms with Gasteiger partial charge in [-0.3, -0.25) is 9.69 Å². The second-order valence-electron chi connectivity index (χ2n) is 4.91. The van der Waals surface area contributed by atoms with E-state index in [4.69, 9.17) is 17.0 Å². The van der Waals surface area contributed by atoms with Crippen LogP contribution in [0.4, 0.5) is 4.79 Å².